The van der Waals surface area contributed by atoms with Crippen molar-refractivity contribution in [3.05, 3.63) is 57.3 Å². The van der Waals surface area contributed by atoms with E-state index in [1.54, 1.807) is 24.4 Å². The van der Waals surface area contributed by atoms with E-state index >= 15 is 0 Å². The molecule has 8 nitrogen and oxygen atoms in total. The van der Waals surface area contributed by atoms with Crippen LogP contribution in [0, 0.1) is 0 Å². The molecular weight excluding hydrogens is 318 g/mol. The lowest BCUT2D eigenvalue weighted by Crippen LogP contribution is -2.41. The predicted octanol–water partition coefficient (Wildman–Crippen LogP) is 0.583. The normalized spacial score (nSPS) is 10.6. The number of hydrogen-bond donors (Lipinski definition) is 2. The van der Waals surface area contributed by atoms with Gasteiger partial charge in [-0.25, -0.2) is 14.3 Å². The lowest BCUT2D eigenvalue weighted by atomic mass is 10.5. The molecule has 0 saturated heterocycles. The molecule has 0 aliphatic carbocycles. The molecule has 0 spiro atoms. The molecule has 3 aromatic rings. The van der Waals surface area contributed by atoms with Gasteiger partial charge in [-0.15, -0.1) is 16.4 Å². The minimum atomic E-state index is -0.612. The molecule has 0 fully saturated rings. The van der Waals surface area contributed by atoms with Crippen molar-refractivity contribution in [3.63, 3.8) is 0 Å². The molecule has 2 N–H and O–H groups in total. The zero-order valence-electron chi connectivity index (χ0n) is 11.9. The summed E-state index contributed by atoms with van der Waals surface area (Å²) in [5.41, 5.74) is 0.00203. The average Bonchev–Trinajstić information content (AvgIpc) is 3.15. The van der Waals surface area contributed by atoms with Crippen LogP contribution in [0.1, 0.15) is 4.88 Å². The van der Waals surface area contributed by atoms with Gasteiger partial charge in [-0.1, -0.05) is 12.1 Å². The third kappa shape index (κ3) is 3.46. The van der Waals surface area contributed by atoms with Gasteiger partial charge in [-0.2, -0.15) is 0 Å². The topological polar surface area (TPSA) is 97.5 Å². The second-order valence-corrected chi connectivity index (χ2v) is 5.71. The Hall–Kier alpha value is -2.94. The Labute approximate surface area is 134 Å². The number of thiophene rings is 1. The van der Waals surface area contributed by atoms with E-state index in [0.717, 1.165) is 9.56 Å². The highest BCUT2D eigenvalue weighted by Gasteiger charge is 2.12. The first kappa shape index (κ1) is 15.0. The van der Waals surface area contributed by atoms with Gasteiger partial charge in [0.25, 0.3) is 0 Å². The van der Waals surface area contributed by atoms with E-state index in [1.165, 1.54) is 15.7 Å². The number of amides is 3. The SMILES string of the molecule is O=C(Cn1nc2ccccn2c1=O)NC(=O)NCc1cccs1. The molecule has 0 saturated carbocycles. The number of hydrogen-bond acceptors (Lipinski definition) is 5. The third-order valence-electron chi connectivity index (χ3n) is 3.04. The second kappa shape index (κ2) is 6.44. The Balaban J connectivity index is 1.59. The lowest BCUT2D eigenvalue weighted by Gasteiger charge is -2.05. The average molecular weight is 331 g/mol. The largest absolute Gasteiger partial charge is 0.350 e. The highest BCUT2D eigenvalue weighted by Crippen LogP contribution is 2.06. The predicted molar refractivity (Wildman–Crippen MR) is 84.1 cm³/mol. The van der Waals surface area contributed by atoms with Crippen molar-refractivity contribution in [1.29, 1.82) is 0 Å². The Bertz CT molecular complexity index is 897. The van der Waals surface area contributed by atoms with Crippen molar-refractivity contribution in [2.75, 3.05) is 0 Å². The number of pyridine rings is 1. The highest BCUT2D eigenvalue weighted by atomic mass is 32.1. The minimum Gasteiger partial charge on any atom is -0.333 e. The first-order valence-electron chi connectivity index (χ1n) is 6.78. The van der Waals surface area contributed by atoms with Gasteiger partial charge < -0.3 is 5.32 Å². The van der Waals surface area contributed by atoms with E-state index in [0.29, 0.717) is 12.2 Å². The van der Waals surface area contributed by atoms with Crippen LogP contribution in [0.5, 0.6) is 0 Å². The first-order chi connectivity index (χ1) is 11.1. The Morgan fingerprint density at radius 3 is 2.83 bits per heavy atom. The molecule has 118 valence electrons. The van der Waals surface area contributed by atoms with Crippen molar-refractivity contribution in [3.8, 4) is 0 Å². The minimum absolute atomic E-state index is 0.326. The number of imide groups is 1. The second-order valence-electron chi connectivity index (χ2n) is 4.68. The van der Waals surface area contributed by atoms with E-state index < -0.39 is 17.6 Å². The summed E-state index contributed by atoms with van der Waals surface area (Å²) >= 11 is 1.51. The van der Waals surface area contributed by atoms with Crippen LogP contribution in [0.3, 0.4) is 0 Å². The molecule has 0 radical (unpaired) electrons. The van der Waals surface area contributed by atoms with Crippen LogP contribution in [0.25, 0.3) is 5.65 Å². The van der Waals surface area contributed by atoms with Crippen LogP contribution in [0.15, 0.2) is 46.7 Å². The van der Waals surface area contributed by atoms with Crippen molar-refractivity contribution in [2.24, 2.45) is 0 Å². The van der Waals surface area contributed by atoms with E-state index in [-0.39, 0.29) is 6.54 Å². The van der Waals surface area contributed by atoms with Gasteiger partial charge in [0.1, 0.15) is 6.54 Å². The molecule has 3 heterocycles. The molecule has 0 aliphatic heterocycles. The van der Waals surface area contributed by atoms with E-state index in [4.69, 9.17) is 0 Å². The van der Waals surface area contributed by atoms with Crippen LogP contribution in [0.4, 0.5) is 4.79 Å². The van der Waals surface area contributed by atoms with Crippen molar-refractivity contribution in [2.45, 2.75) is 13.1 Å². The fourth-order valence-corrected chi connectivity index (χ4v) is 2.64. The standard InChI is InChI=1S/C14H13N5O3S/c20-12(16-13(21)15-8-10-4-3-7-23-10)9-19-14(22)18-6-2-1-5-11(18)17-19/h1-7H,8-9H2,(H2,15,16,20,21). The monoisotopic (exact) mass is 331 g/mol. The zero-order valence-corrected chi connectivity index (χ0v) is 12.7. The summed E-state index contributed by atoms with van der Waals surface area (Å²) in [6.45, 7) is 0.0119. The number of aromatic nitrogens is 3. The van der Waals surface area contributed by atoms with Gasteiger partial charge in [-0.05, 0) is 23.6 Å². The summed E-state index contributed by atoms with van der Waals surface area (Å²) < 4.78 is 2.33. The van der Waals surface area contributed by atoms with Crippen LogP contribution in [-0.4, -0.2) is 26.1 Å². The molecule has 0 bridgehead atoms. The molecular formula is C14H13N5O3S. The zero-order chi connectivity index (χ0) is 16.2. The van der Waals surface area contributed by atoms with Crippen LogP contribution >= 0.6 is 11.3 Å². The molecule has 9 heteroatoms. The molecule has 0 aliphatic rings. The van der Waals surface area contributed by atoms with Gasteiger partial charge in [0, 0.05) is 11.1 Å². The number of fused-ring (bicyclic) bond motifs is 1. The fourth-order valence-electron chi connectivity index (χ4n) is 2.00. The fraction of sp³-hybridized carbons (Fsp3) is 0.143. The molecule has 3 amide bonds. The molecule has 0 aromatic carbocycles. The van der Waals surface area contributed by atoms with E-state index in [9.17, 15) is 14.4 Å². The molecule has 3 aromatic heterocycles. The molecule has 23 heavy (non-hydrogen) atoms. The Morgan fingerprint density at radius 2 is 2.09 bits per heavy atom. The number of carbonyl (C=O) groups excluding carboxylic acids is 2. The maximum absolute atomic E-state index is 12.0. The van der Waals surface area contributed by atoms with Gasteiger partial charge >= 0.3 is 11.7 Å². The van der Waals surface area contributed by atoms with E-state index in [2.05, 4.69) is 15.7 Å². The van der Waals surface area contributed by atoms with Crippen LogP contribution < -0.4 is 16.3 Å². The quantitative estimate of drug-likeness (QED) is 0.731. The molecule has 3 rings (SSSR count). The van der Waals surface area contributed by atoms with Crippen molar-refractivity contribution in [1.82, 2.24) is 24.8 Å². The summed E-state index contributed by atoms with van der Waals surface area (Å²) in [4.78, 5) is 36.5. The molecule has 0 atom stereocenters. The van der Waals surface area contributed by atoms with Gasteiger partial charge in [0.2, 0.25) is 5.91 Å². The van der Waals surface area contributed by atoms with Crippen molar-refractivity contribution >= 4 is 28.9 Å². The smallest absolute Gasteiger partial charge is 0.333 e. The number of urea groups is 1. The maximum atomic E-state index is 12.0. The summed E-state index contributed by atoms with van der Waals surface area (Å²) in [6.07, 6.45) is 1.56. The molecule has 0 unspecified atom stereocenters. The lowest BCUT2D eigenvalue weighted by molar-refractivity contribution is -0.120. The van der Waals surface area contributed by atoms with Crippen LogP contribution in [0.2, 0.25) is 0 Å². The number of nitrogens with one attached hydrogen (secondary N) is 2. The summed E-state index contributed by atoms with van der Waals surface area (Å²) in [6, 6.07) is 8.23. The maximum Gasteiger partial charge on any atom is 0.350 e. The Morgan fingerprint density at radius 1 is 1.22 bits per heavy atom. The summed E-state index contributed by atoms with van der Waals surface area (Å²) in [5, 5.41) is 10.7. The Kier molecular flexibility index (Phi) is 4.20. The number of rotatable bonds is 4. The van der Waals surface area contributed by atoms with Gasteiger partial charge in [-0.3, -0.25) is 14.5 Å². The van der Waals surface area contributed by atoms with Crippen LogP contribution in [-0.2, 0) is 17.9 Å². The summed E-state index contributed by atoms with van der Waals surface area (Å²) in [5.74, 6) is -0.612. The van der Waals surface area contributed by atoms with Gasteiger partial charge in [0.05, 0.1) is 6.54 Å². The van der Waals surface area contributed by atoms with Gasteiger partial charge in [0.15, 0.2) is 5.65 Å². The highest BCUT2D eigenvalue weighted by molar-refractivity contribution is 7.09. The first-order valence-corrected chi connectivity index (χ1v) is 7.66. The third-order valence-corrected chi connectivity index (χ3v) is 3.91. The number of nitrogens with zero attached hydrogens (tertiary/aromatic N) is 3. The number of carbonyl (C=O) groups is 2. The summed E-state index contributed by atoms with van der Waals surface area (Å²) in [7, 11) is 0. The van der Waals surface area contributed by atoms with E-state index in [1.807, 2.05) is 17.5 Å². The van der Waals surface area contributed by atoms with Crippen molar-refractivity contribution < 1.29 is 9.59 Å².